The van der Waals surface area contributed by atoms with Gasteiger partial charge in [-0.25, -0.2) is 8.51 Å². The molecule has 0 bridgehead atoms. The number of hydrogen-bond acceptors (Lipinski definition) is 5. The van der Waals surface area contributed by atoms with Crippen molar-refractivity contribution in [3.05, 3.63) is 47.3 Å². The summed E-state index contributed by atoms with van der Waals surface area (Å²) in [6.45, 7) is 0.855. The van der Waals surface area contributed by atoms with E-state index in [0.717, 1.165) is 4.21 Å². The molecule has 148 valence electrons. The fourth-order valence-electron chi connectivity index (χ4n) is 2.89. The molecule has 1 saturated heterocycles. The molecule has 0 spiro atoms. The Morgan fingerprint density at radius 2 is 1.70 bits per heavy atom. The Balaban J connectivity index is 1.66. The van der Waals surface area contributed by atoms with Crippen LogP contribution in [0.4, 0.5) is 18.9 Å². The molecule has 5 nitrogen and oxygen atoms in total. The Morgan fingerprint density at radius 3 is 2.19 bits per heavy atom. The van der Waals surface area contributed by atoms with Gasteiger partial charge in [0.2, 0.25) is 5.60 Å². The molecule has 0 saturated carbocycles. The Bertz CT molecular complexity index is 776. The van der Waals surface area contributed by atoms with Gasteiger partial charge in [0, 0.05) is 31.9 Å². The largest absolute Gasteiger partial charge is 0.423 e. The predicted molar refractivity (Wildman–Crippen MR) is 98.0 cm³/mol. The van der Waals surface area contributed by atoms with Gasteiger partial charge in [0.05, 0.1) is 6.61 Å². The maximum absolute atomic E-state index is 13.0. The Morgan fingerprint density at radius 1 is 1.07 bits per heavy atom. The molecule has 1 aliphatic heterocycles. The molecule has 0 amide bonds. The summed E-state index contributed by atoms with van der Waals surface area (Å²) in [6.07, 6.45) is -4.97. The lowest BCUT2D eigenvalue weighted by Crippen LogP contribution is -2.47. The minimum Gasteiger partial charge on any atom is -0.393 e. The van der Waals surface area contributed by atoms with Crippen molar-refractivity contribution in [1.82, 2.24) is 4.31 Å². The third-order valence-corrected chi connectivity index (χ3v) is 7.24. The number of hydrogen-bond donors (Lipinski definition) is 2. The van der Waals surface area contributed by atoms with Gasteiger partial charge in [0.25, 0.3) is 0 Å². The van der Waals surface area contributed by atoms with Crippen LogP contribution in [0.5, 0.6) is 0 Å². The maximum Gasteiger partial charge on any atom is 0.423 e. The summed E-state index contributed by atoms with van der Waals surface area (Å²) < 4.78 is 54.2. The van der Waals surface area contributed by atoms with E-state index in [2.05, 4.69) is 0 Å². The molecule has 2 atom stereocenters. The smallest absolute Gasteiger partial charge is 0.393 e. The van der Waals surface area contributed by atoms with E-state index in [-0.39, 0.29) is 0 Å². The molecule has 2 unspecified atom stereocenters. The second-order valence-electron chi connectivity index (χ2n) is 6.16. The molecule has 1 aromatic carbocycles. The number of thiophene rings is 1. The van der Waals surface area contributed by atoms with E-state index in [1.807, 2.05) is 26.7 Å². The summed E-state index contributed by atoms with van der Waals surface area (Å²) in [6, 6.07) is 9.02. The number of benzene rings is 1. The number of rotatable bonds is 5. The second-order valence-corrected chi connectivity index (χ2v) is 8.82. The van der Waals surface area contributed by atoms with Gasteiger partial charge in [-0.3, -0.25) is 0 Å². The minimum absolute atomic E-state index is 0.404. The van der Waals surface area contributed by atoms with Gasteiger partial charge in [0.15, 0.2) is 0 Å². The van der Waals surface area contributed by atoms with Crippen LogP contribution < -0.4 is 4.90 Å². The Kier molecular flexibility index (Phi) is 5.92. The highest BCUT2D eigenvalue weighted by Gasteiger charge is 2.54. The third kappa shape index (κ3) is 4.04. The molecule has 10 heteroatoms. The van der Waals surface area contributed by atoms with Crippen molar-refractivity contribution in [3.63, 3.8) is 0 Å². The Labute approximate surface area is 161 Å². The standard InChI is InChI=1S/C17H19F3N2O3S2/c18-17(19,20)16(24,12-23)13-3-5-14(6-4-13)21-7-9-22(10-8-21)27(25)15-2-1-11-26-15/h1-6,11,23-24H,7-10,12H2. The normalized spacial score (nSPS) is 19.7. The molecule has 1 aliphatic rings. The molecule has 1 aromatic heterocycles. The summed E-state index contributed by atoms with van der Waals surface area (Å²) in [7, 11) is -1.20. The van der Waals surface area contributed by atoms with Gasteiger partial charge >= 0.3 is 6.18 Å². The van der Waals surface area contributed by atoms with Gasteiger partial charge in [-0.1, -0.05) is 18.2 Å². The summed E-state index contributed by atoms with van der Waals surface area (Å²) in [5.74, 6) is 0. The molecule has 0 radical (unpaired) electrons. The summed E-state index contributed by atoms with van der Waals surface area (Å²) >= 11 is 1.44. The van der Waals surface area contributed by atoms with Crippen molar-refractivity contribution < 1.29 is 27.6 Å². The van der Waals surface area contributed by atoms with Crippen LogP contribution >= 0.6 is 11.3 Å². The zero-order valence-electron chi connectivity index (χ0n) is 14.2. The van der Waals surface area contributed by atoms with Crippen molar-refractivity contribution in [3.8, 4) is 0 Å². The zero-order valence-corrected chi connectivity index (χ0v) is 15.9. The third-order valence-electron chi connectivity index (χ3n) is 4.55. The molecule has 27 heavy (non-hydrogen) atoms. The first-order valence-electron chi connectivity index (χ1n) is 8.22. The van der Waals surface area contributed by atoms with Crippen molar-refractivity contribution >= 4 is 28.0 Å². The molecule has 2 heterocycles. The van der Waals surface area contributed by atoms with E-state index in [1.165, 1.54) is 35.6 Å². The number of alkyl halides is 3. The highest BCUT2D eigenvalue weighted by atomic mass is 32.2. The first-order valence-corrected chi connectivity index (χ1v) is 10.2. The van der Waals surface area contributed by atoms with E-state index in [0.29, 0.717) is 31.9 Å². The molecule has 3 rings (SSSR count). The van der Waals surface area contributed by atoms with Crippen LogP contribution in [0.1, 0.15) is 5.56 Å². The Hall–Kier alpha value is -1.46. The van der Waals surface area contributed by atoms with Crippen molar-refractivity contribution in [2.45, 2.75) is 16.0 Å². The number of aliphatic hydroxyl groups excluding tert-OH is 1. The topological polar surface area (TPSA) is 64.0 Å². The van der Waals surface area contributed by atoms with Crippen LogP contribution in [0.2, 0.25) is 0 Å². The number of anilines is 1. The molecule has 1 fully saturated rings. The summed E-state index contributed by atoms with van der Waals surface area (Å²) in [5.41, 5.74) is -2.97. The molecule has 2 N–H and O–H groups in total. The lowest BCUT2D eigenvalue weighted by atomic mass is 9.94. The SMILES string of the molecule is O=S(c1cccs1)N1CCN(c2ccc(C(O)(CO)C(F)(F)F)cc2)CC1. The van der Waals surface area contributed by atoms with Crippen molar-refractivity contribution in [2.24, 2.45) is 0 Å². The average Bonchev–Trinajstić information content (AvgIpc) is 3.21. The number of piperazine rings is 1. The van der Waals surface area contributed by atoms with Crippen LogP contribution in [-0.4, -0.2) is 57.7 Å². The number of nitrogens with zero attached hydrogens (tertiary/aromatic N) is 2. The van der Waals surface area contributed by atoms with Crippen LogP contribution in [0, 0.1) is 0 Å². The molecular formula is C17H19F3N2O3S2. The van der Waals surface area contributed by atoms with E-state index < -0.39 is 34.9 Å². The van der Waals surface area contributed by atoms with Gasteiger partial charge in [-0.2, -0.15) is 13.2 Å². The molecule has 2 aromatic rings. The number of halogens is 3. The van der Waals surface area contributed by atoms with Gasteiger partial charge in [-0.15, -0.1) is 11.3 Å². The fourth-order valence-corrected chi connectivity index (χ4v) is 5.10. The predicted octanol–water partition coefficient (Wildman–Crippen LogP) is 2.34. The lowest BCUT2D eigenvalue weighted by Gasteiger charge is -2.35. The van der Waals surface area contributed by atoms with Crippen LogP contribution in [0.3, 0.4) is 0 Å². The van der Waals surface area contributed by atoms with E-state index in [1.54, 1.807) is 0 Å². The zero-order chi connectivity index (χ0) is 19.7. The lowest BCUT2D eigenvalue weighted by molar-refractivity contribution is -0.277. The van der Waals surface area contributed by atoms with Gasteiger partial charge < -0.3 is 15.1 Å². The monoisotopic (exact) mass is 420 g/mol. The van der Waals surface area contributed by atoms with Crippen LogP contribution in [0.25, 0.3) is 0 Å². The minimum atomic E-state index is -4.97. The van der Waals surface area contributed by atoms with Crippen molar-refractivity contribution in [1.29, 1.82) is 0 Å². The highest BCUT2D eigenvalue weighted by Crippen LogP contribution is 2.39. The average molecular weight is 420 g/mol. The van der Waals surface area contributed by atoms with Crippen LogP contribution in [0.15, 0.2) is 46.0 Å². The molecular weight excluding hydrogens is 401 g/mol. The summed E-state index contributed by atoms with van der Waals surface area (Å²) in [5, 5.41) is 20.7. The van der Waals surface area contributed by atoms with E-state index >= 15 is 0 Å². The highest BCUT2D eigenvalue weighted by molar-refractivity contribution is 7.85. The van der Waals surface area contributed by atoms with Crippen molar-refractivity contribution in [2.75, 3.05) is 37.7 Å². The van der Waals surface area contributed by atoms with E-state index in [9.17, 15) is 22.5 Å². The quantitative estimate of drug-likeness (QED) is 0.780. The summed E-state index contributed by atoms with van der Waals surface area (Å²) in [4.78, 5) is 1.98. The maximum atomic E-state index is 13.0. The first kappa shape index (κ1) is 20.3. The van der Waals surface area contributed by atoms with Gasteiger partial charge in [-0.05, 0) is 29.1 Å². The molecule has 0 aliphatic carbocycles. The van der Waals surface area contributed by atoms with Crippen LogP contribution in [-0.2, 0) is 16.6 Å². The second kappa shape index (κ2) is 7.88. The fraction of sp³-hybridized carbons (Fsp3) is 0.412. The van der Waals surface area contributed by atoms with E-state index in [4.69, 9.17) is 5.11 Å². The number of aliphatic hydroxyl groups is 2. The van der Waals surface area contributed by atoms with Gasteiger partial charge in [0.1, 0.15) is 15.2 Å². The first-order chi connectivity index (χ1) is 12.8.